The molecule has 3 N–H and O–H groups in total. The highest BCUT2D eigenvalue weighted by molar-refractivity contribution is 9.10. The van der Waals surface area contributed by atoms with Crippen molar-refractivity contribution in [3.63, 3.8) is 0 Å². The Morgan fingerprint density at radius 3 is 2.94 bits per heavy atom. The van der Waals surface area contributed by atoms with Crippen LogP contribution in [0.5, 0.6) is 0 Å². The van der Waals surface area contributed by atoms with Gasteiger partial charge < -0.3 is 11.1 Å². The number of hydrogen-bond donors (Lipinski definition) is 2. The molecule has 0 saturated carbocycles. The molecule has 0 aliphatic carbocycles. The van der Waals surface area contributed by atoms with Crippen LogP contribution in [0.3, 0.4) is 0 Å². The Kier molecular flexibility index (Phi) is 5.85. The standard InChI is InChI=1S/C12H17BrN2OS/c1-3-6-15-12(16)8(2)17-11-7-9(13)4-5-10(11)14/h4-5,7-8H,3,6,14H2,1-2H3,(H,15,16). The molecule has 0 heterocycles. The van der Waals surface area contributed by atoms with Crippen LogP contribution in [-0.2, 0) is 4.79 Å². The maximum absolute atomic E-state index is 11.7. The molecule has 0 spiro atoms. The minimum absolute atomic E-state index is 0.0521. The first-order valence-electron chi connectivity index (χ1n) is 5.54. The van der Waals surface area contributed by atoms with Crippen molar-refractivity contribution in [2.75, 3.05) is 12.3 Å². The highest BCUT2D eigenvalue weighted by Crippen LogP contribution is 2.31. The number of halogens is 1. The van der Waals surface area contributed by atoms with Crippen LogP contribution < -0.4 is 11.1 Å². The number of benzene rings is 1. The van der Waals surface area contributed by atoms with Gasteiger partial charge in [-0.3, -0.25) is 4.79 Å². The van der Waals surface area contributed by atoms with Crippen LogP contribution in [-0.4, -0.2) is 17.7 Å². The van der Waals surface area contributed by atoms with Crippen LogP contribution in [0.15, 0.2) is 27.6 Å². The fourth-order valence-electron chi connectivity index (χ4n) is 1.25. The van der Waals surface area contributed by atoms with Crippen molar-refractivity contribution in [1.82, 2.24) is 5.32 Å². The van der Waals surface area contributed by atoms with Gasteiger partial charge in [-0.25, -0.2) is 0 Å². The summed E-state index contributed by atoms with van der Waals surface area (Å²) in [5, 5.41) is 2.73. The number of rotatable bonds is 5. The molecule has 1 unspecified atom stereocenters. The predicted molar refractivity (Wildman–Crippen MR) is 77.2 cm³/mol. The average Bonchev–Trinajstić information content (AvgIpc) is 2.30. The van der Waals surface area contributed by atoms with E-state index in [0.29, 0.717) is 5.69 Å². The highest BCUT2D eigenvalue weighted by atomic mass is 79.9. The van der Waals surface area contributed by atoms with E-state index in [2.05, 4.69) is 21.2 Å². The summed E-state index contributed by atoms with van der Waals surface area (Å²) >= 11 is 4.87. The van der Waals surface area contributed by atoms with Gasteiger partial charge in [0.1, 0.15) is 0 Å². The lowest BCUT2D eigenvalue weighted by Gasteiger charge is -2.13. The number of nitrogen functional groups attached to an aromatic ring is 1. The van der Waals surface area contributed by atoms with Gasteiger partial charge in [-0.1, -0.05) is 22.9 Å². The molecule has 0 bridgehead atoms. The summed E-state index contributed by atoms with van der Waals surface area (Å²) in [5.74, 6) is 0.0521. The van der Waals surface area contributed by atoms with Crippen molar-refractivity contribution in [3.05, 3.63) is 22.7 Å². The first-order chi connectivity index (χ1) is 8.04. The van der Waals surface area contributed by atoms with E-state index in [1.54, 1.807) is 0 Å². The van der Waals surface area contributed by atoms with E-state index < -0.39 is 0 Å². The summed E-state index contributed by atoms with van der Waals surface area (Å²) in [6, 6.07) is 5.66. The van der Waals surface area contributed by atoms with Crippen LogP contribution in [0.4, 0.5) is 5.69 Å². The van der Waals surface area contributed by atoms with E-state index in [4.69, 9.17) is 5.73 Å². The summed E-state index contributed by atoms with van der Waals surface area (Å²) in [6.07, 6.45) is 0.947. The fraction of sp³-hybridized carbons (Fsp3) is 0.417. The molecule has 1 aromatic carbocycles. The molecular weight excluding hydrogens is 300 g/mol. The van der Waals surface area contributed by atoms with Crippen LogP contribution in [0, 0.1) is 0 Å². The topological polar surface area (TPSA) is 55.1 Å². The van der Waals surface area contributed by atoms with Gasteiger partial charge in [0.15, 0.2) is 0 Å². The average molecular weight is 317 g/mol. The van der Waals surface area contributed by atoms with Crippen LogP contribution >= 0.6 is 27.7 Å². The minimum atomic E-state index is -0.141. The van der Waals surface area contributed by atoms with E-state index in [9.17, 15) is 4.79 Å². The second-order valence-corrected chi connectivity index (χ2v) is 6.03. The van der Waals surface area contributed by atoms with Gasteiger partial charge in [-0.05, 0) is 31.5 Å². The smallest absolute Gasteiger partial charge is 0.233 e. The molecule has 3 nitrogen and oxygen atoms in total. The monoisotopic (exact) mass is 316 g/mol. The second-order valence-electron chi connectivity index (χ2n) is 3.73. The SMILES string of the molecule is CCCNC(=O)C(C)Sc1cc(Br)ccc1N. The Balaban J connectivity index is 2.64. The predicted octanol–water partition coefficient (Wildman–Crippen LogP) is 3.04. The Labute approximate surface area is 115 Å². The lowest BCUT2D eigenvalue weighted by atomic mass is 10.3. The third-order valence-corrected chi connectivity index (χ3v) is 3.87. The molecule has 1 aromatic rings. The molecule has 0 aliphatic heterocycles. The minimum Gasteiger partial charge on any atom is -0.398 e. The lowest BCUT2D eigenvalue weighted by molar-refractivity contribution is -0.120. The van der Waals surface area contributed by atoms with Crippen molar-refractivity contribution in [2.24, 2.45) is 0 Å². The van der Waals surface area contributed by atoms with Gasteiger partial charge in [-0.2, -0.15) is 0 Å². The third kappa shape index (κ3) is 4.60. The lowest BCUT2D eigenvalue weighted by Crippen LogP contribution is -2.31. The fourth-order valence-corrected chi connectivity index (χ4v) is 2.73. The van der Waals surface area contributed by atoms with Crippen molar-refractivity contribution < 1.29 is 4.79 Å². The Morgan fingerprint density at radius 2 is 2.29 bits per heavy atom. The first-order valence-corrected chi connectivity index (χ1v) is 7.21. The van der Waals surface area contributed by atoms with Crippen molar-refractivity contribution in [3.8, 4) is 0 Å². The zero-order valence-corrected chi connectivity index (χ0v) is 12.4. The number of amides is 1. The molecule has 1 atom stereocenters. The van der Waals surface area contributed by atoms with Crippen molar-refractivity contribution in [2.45, 2.75) is 30.4 Å². The summed E-state index contributed by atoms with van der Waals surface area (Å²) in [4.78, 5) is 12.6. The third-order valence-electron chi connectivity index (χ3n) is 2.20. The van der Waals surface area contributed by atoms with Crippen molar-refractivity contribution in [1.29, 1.82) is 0 Å². The number of anilines is 1. The maximum atomic E-state index is 11.7. The number of hydrogen-bond acceptors (Lipinski definition) is 3. The van der Waals surface area contributed by atoms with Gasteiger partial charge in [0.25, 0.3) is 0 Å². The van der Waals surface area contributed by atoms with Crippen molar-refractivity contribution >= 4 is 39.3 Å². The Hall–Kier alpha value is -0.680. The van der Waals surface area contributed by atoms with E-state index in [1.807, 2.05) is 32.0 Å². The zero-order chi connectivity index (χ0) is 12.8. The highest BCUT2D eigenvalue weighted by Gasteiger charge is 2.15. The number of thioether (sulfide) groups is 1. The van der Waals surface area contributed by atoms with E-state index in [1.165, 1.54) is 11.8 Å². The largest absolute Gasteiger partial charge is 0.398 e. The van der Waals surface area contributed by atoms with Crippen LogP contribution in [0.1, 0.15) is 20.3 Å². The molecule has 0 aliphatic rings. The molecule has 1 amide bonds. The van der Waals surface area contributed by atoms with Gasteiger partial charge in [-0.15, -0.1) is 11.8 Å². The summed E-state index contributed by atoms with van der Waals surface area (Å²) in [5.41, 5.74) is 6.57. The maximum Gasteiger partial charge on any atom is 0.233 e. The first kappa shape index (κ1) is 14.4. The van der Waals surface area contributed by atoms with E-state index >= 15 is 0 Å². The molecule has 17 heavy (non-hydrogen) atoms. The summed E-state index contributed by atoms with van der Waals surface area (Å²) in [6.45, 7) is 4.64. The second kappa shape index (κ2) is 6.91. The summed E-state index contributed by atoms with van der Waals surface area (Å²) < 4.78 is 0.968. The molecular formula is C12H17BrN2OS. The van der Waals surface area contributed by atoms with E-state index in [0.717, 1.165) is 22.3 Å². The molecule has 94 valence electrons. The van der Waals surface area contributed by atoms with Crippen LogP contribution in [0.25, 0.3) is 0 Å². The molecule has 5 heteroatoms. The van der Waals surface area contributed by atoms with Crippen LogP contribution in [0.2, 0.25) is 0 Å². The quantitative estimate of drug-likeness (QED) is 0.648. The summed E-state index contributed by atoms with van der Waals surface area (Å²) in [7, 11) is 0. The molecule has 0 radical (unpaired) electrons. The van der Waals surface area contributed by atoms with E-state index in [-0.39, 0.29) is 11.2 Å². The molecule has 0 aromatic heterocycles. The number of nitrogens with two attached hydrogens (primary N) is 1. The van der Waals surface area contributed by atoms with Gasteiger partial charge in [0, 0.05) is 21.6 Å². The molecule has 1 rings (SSSR count). The number of carbonyl (C=O) groups is 1. The Morgan fingerprint density at radius 1 is 1.59 bits per heavy atom. The number of carbonyl (C=O) groups excluding carboxylic acids is 1. The number of nitrogens with one attached hydrogen (secondary N) is 1. The Bertz CT molecular complexity index is 398. The zero-order valence-electron chi connectivity index (χ0n) is 10.00. The molecule has 0 saturated heterocycles. The normalized spacial score (nSPS) is 12.2. The van der Waals surface area contributed by atoms with Gasteiger partial charge in [0.2, 0.25) is 5.91 Å². The van der Waals surface area contributed by atoms with Gasteiger partial charge in [0.05, 0.1) is 5.25 Å². The molecule has 0 fully saturated rings. The van der Waals surface area contributed by atoms with Gasteiger partial charge >= 0.3 is 0 Å².